The lowest BCUT2D eigenvalue weighted by Gasteiger charge is -2.18. The zero-order chi connectivity index (χ0) is 13.7. The first-order valence-corrected chi connectivity index (χ1v) is 7.03. The Morgan fingerprint density at radius 3 is 2.67 bits per heavy atom. The fourth-order valence-electron chi connectivity index (χ4n) is 1.56. The van der Waals surface area contributed by atoms with Crippen molar-refractivity contribution in [3.63, 3.8) is 0 Å². The highest BCUT2D eigenvalue weighted by atomic mass is 35.5. The maximum absolute atomic E-state index is 10.8. The topological polar surface area (TPSA) is 57.5 Å². The molecule has 0 bridgehead atoms. The van der Waals surface area contributed by atoms with E-state index in [9.17, 15) is 15.0 Å². The predicted molar refractivity (Wildman–Crippen MR) is 74.9 cm³/mol. The highest BCUT2D eigenvalue weighted by Gasteiger charge is 2.18. The fraction of sp³-hybridized carbons (Fsp3) is 0.462. The lowest BCUT2D eigenvalue weighted by molar-refractivity contribution is -0.109. The molecule has 0 aromatic heterocycles. The molecule has 0 aliphatic rings. The number of carbonyl (C=O) groups excluding carboxylic acids is 1. The van der Waals surface area contributed by atoms with Gasteiger partial charge in [0.2, 0.25) is 0 Å². The minimum absolute atomic E-state index is 0.0130. The van der Waals surface area contributed by atoms with E-state index in [1.165, 1.54) is 6.92 Å². The number of rotatable bonds is 5. The van der Waals surface area contributed by atoms with Gasteiger partial charge in [-0.05, 0) is 30.5 Å². The number of thioether (sulfide) groups is 1. The van der Waals surface area contributed by atoms with Gasteiger partial charge in [0.05, 0.1) is 6.10 Å². The number of halogens is 1. The van der Waals surface area contributed by atoms with E-state index in [1.54, 1.807) is 18.2 Å². The third kappa shape index (κ3) is 4.61. The molecule has 0 heterocycles. The van der Waals surface area contributed by atoms with Crippen molar-refractivity contribution in [2.24, 2.45) is 0 Å². The van der Waals surface area contributed by atoms with Crippen molar-refractivity contribution >= 4 is 28.5 Å². The van der Waals surface area contributed by atoms with Crippen LogP contribution in [0.25, 0.3) is 0 Å². The molecule has 1 aromatic carbocycles. The third-order valence-corrected chi connectivity index (χ3v) is 3.88. The highest BCUT2D eigenvalue weighted by Crippen LogP contribution is 2.24. The minimum atomic E-state index is -0.950. The van der Waals surface area contributed by atoms with Gasteiger partial charge in [-0.2, -0.15) is 0 Å². The molecule has 18 heavy (non-hydrogen) atoms. The van der Waals surface area contributed by atoms with Gasteiger partial charge in [-0.3, -0.25) is 4.79 Å². The van der Waals surface area contributed by atoms with Crippen LogP contribution in [0.15, 0.2) is 18.2 Å². The summed E-state index contributed by atoms with van der Waals surface area (Å²) >= 11 is 7.05. The second-order valence-corrected chi connectivity index (χ2v) is 5.83. The molecule has 0 amide bonds. The van der Waals surface area contributed by atoms with Gasteiger partial charge < -0.3 is 10.2 Å². The van der Waals surface area contributed by atoms with E-state index in [1.807, 2.05) is 6.92 Å². The number of benzene rings is 1. The Balaban J connectivity index is 2.59. The number of hydrogen-bond acceptors (Lipinski definition) is 4. The largest absolute Gasteiger partial charge is 0.390 e. The van der Waals surface area contributed by atoms with E-state index in [0.29, 0.717) is 22.8 Å². The molecule has 0 radical (unpaired) electrons. The zero-order valence-electron chi connectivity index (χ0n) is 10.4. The maximum atomic E-state index is 10.8. The van der Waals surface area contributed by atoms with E-state index >= 15 is 0 Å². The highest BCUT2D eigenvalue weighted by molar-refractivity contribution is 8.13. The van der Waals surface area contributed by atoms with Crippen LogP contribution >= 0.6 is 23.4 Å². The van der Waals surface area contributed by atoms with E-state index in [0.717, 1.165) is 17.3 Å². The van der Waals surface area contributed by atoms with E-state index < -0.39 is 12.2 Å². The molecule has 0 fully saturated rings. The summed E-state index contributed by atoms with van der Waals surface area (Å²) in [5.74, 6) is 0.500. The average molecular weight is 289 g/mol. The molecule has 0 spiro atoms. The summed E-state index contributed by atoms with van der Waals surface area (Å²) in [6, 6.07) is 5.15. The third-order valence-electron chi connectivity index (χ3n) is 2.61. The zero-order valence-corrected chi connectivity index (χ0v) is 12.0. The summed E-state index contributed by atoms with van der Waals surface area (Å²) in [5.41, 5.74) is 1.50. The van der Waals surface area contributed by atoms with Crippen LogP contribution in [-0.4, -0.2) is 27.2 Å². The monoisotopic (exact) mass is 288 g/mol. The summed E-state index contributed by atoms with van der Waals surface area (Å²) in [6.07, 6.45) is -1.46. The lowest BCUT2D eigenvalue weighted by Crippen LogP contribution is -2.19. The minimum Gasteiger partial charge on any atom is -0.390 e. The fourth-order valence-corrected chi connectivity index (χ4v) is 2.32. The van der Waals surface area contributed by atoms with Crippen LogP contribution in [0.1, 0.15) is 30.6 Å². The van der Waals surface area contributed by atoms with E-state index in [4.69, 9.17) is 11.6 Å². The van der Waals surface area contributed by atoms with E-state index in [2.05, 4.69) is 0 Å². The quantitative estimate of drug-likeness (QED) is 0.875. The van der Waals surface area contributed by atoms with Gasteiger partial charge in [0.15, 0.2) is 5.12 Å². The van der Waals surface area contributed by atoms with Gasteiger partial charge in [-0.25, -0.2) is 0 Å². The van der Waals surface area contributed by atoms with Crippen molar-refractivity contribution in [1.29, 1.82) is 0 Å². The molecular weight excluding hydrogens is 272 g/mol. The molecule has 0 saturated heterocycles. The van der Waals surface area contributed by atoms with Gasteiger partial charge in [0.1, 0.15) is 6.10 Å². The van der Waals surface area contributed by atoms with Crippen LogP contribution in [0.3, 0.4) is 0 Å². The van der Waals surface area contributed by atoms with Crippen LogP contribution in [0, 0.1) is 6.92 Å². The van der Waals surface area contributed by atoms with Crippen LogP contribution in [0.4, 0.5) is 0 Å². The van der Waals surface area contributed by atoms with Gasteiger partial charge in [0.25, 0.3) is 0 Å². The Kier molecular flexibility index (Phi) is 6.15. The Bertz CT molecular complexity index is 423. The Labute approximate surface area is 116 Å². The lowest BCUT2D eigenvalue weighted by atomic mass is 10.0. The number of aliphatic hydroxyl groups is 2. The Hall–Kier alpha value is -0.550. The Morgan fingerprint density at radius 1 is 1.44 bits per heavy atom. The standard InChI is InChI=1S/C13H17ClO3S/c1-8-7-10(3-4-11(8)14)13(17)12(16)5-6-18-9(2)15/h3-4,7,12-13,16-17H,5-6H2,1-2H3. The van der Waals surface area contributed by atoms with Crippen LogP contribution in [0.2, 0.25) is 5.02 Å². The van der Waals surface area contributed by atoms with Crippen LogP contribution in [-0.2, 0) is 4.79 Å². The molecule has 2 unspecified atom stereocenters. The molecule has 2 N–H and O–H groups in total. The number of aliphatic hydroxyl groups excluding tert-OH is 2. The summed E-state index contributed by atoms with van der Waals surface area (Å²) in [4.78, 5) is 10.8. The summed E-state index contributed by atoms with van der Waals surface area (Å²) in [7, 11) is 0. The normalized spacial score (nSPS) is 14.3. The van der Waals surface area contributed by atoms with Gasteiger partial charge in [-0.1, -0.05) is 35.5 Å². The van der Waals surface area contributed by atoms with Crippen molar-refractivity contribution in [3.8, 4) is 0 Å². The summed E-state index contributed by atoms with van der Waals surface area (Å²) in [6.45, 7) is 3.33. The van der Waals surface area contributed by atoms with E-state index in [-0.39, 0.29) is 5.12 Å². The number of hydrogen-bond donors (Lipinski definition) is 2. The molecule has 5 heteroatoms. The first kappa shape index (κ1) is 15.5. The molecule has 1 rings (SSSR count). The van der Waals surface area contributed by atoms with Gasteiger partial charge >= 0.3 is 0 Å². The molecule has 1 aromatic rings. The number of aryl methyl sites for hydroxylation is 1. The van der Waals surface area contributed by atoms with Crippen molar-refractivity contribution in [2.45, 2.75) is 32.5 Å². The van der Waals surface area contributed by atoms with Crippen molar-refractivity contribution in [3.05, 3.63) is 34.3 Å². The second kappa shape index (κ2) is 7.14. The maximum Gasteiger partial charge on any atom is 0.185 e. The predicted octanol–water partition coefficient (Wildman–Crippen LogP) is 2.71. The van der Waals surface area contributed by atoms with Crippen LogP contribution < -0.4 is 0 Å². The average Bonchev–Trinajstić information content (AvgIpc) is 2.31. The number of carbonyl (C=O) groups is 1. The second-order valence-electron chi connectivity index (χ2n) is 4.15. The molecular formula is C13H17ClO3S. The molecule has 0 saturated carbocycles. The van der Waals surface area contributed by atoms with Crippen molar-refractivity contribution in [1.82, 2.24) is 0 Å². The first-order chi connectivity index (χ1) is 8.41. The van der Waals surface area contributed by atoms with Crippen molar-refractivity contribution < 1.29 is 15.0 Å². The van der Waals surface area contributed by atoms with Gasteiger partial charge in [-0.15, -0.1) is 0 Å². The molecule has 0 aliphatic heterocycles. The smallest absolute Gasteiger partial charge is 0.185 e. The molecule has 0 aliphatic carbocycles. The first-order valence-electron chi connectivity index (χ1n) is 5.67. The van der Waals surface area contributed by atoms with Crippen molar-refractivity contribution in [2.75, 3.05) is 5.75 Å². The Morgan fingerprint density at radius 2 is 2.11 bits per heavy atom. The summed E-state index contributed by atoms with van der Waals surface area (Å²) in [5, 5.41) is 20.5. The van der Waals surface area contributed by atoms with Gasteiger partial charge in [0, 0.05) is 17.7 Å². The molecule has 100 valence electrons. The SMILES string of the molecule is CC(=O)SCCC(O)C(O)c1ccc(Cl)c(C)c1. The molecule has 2 atom stereocenters. The summed E-state index contributed by atoms with van der Waals surface area (Å²) < 4.78 is 0. The molecule has 3 nitrogen and oxygen atoms in total. The van der Waals surface area contributed by atoms with Crippen LogP contribution in [0.5, 0.6) is 0 Å².